The van der Waals surface area contributed by atoms with Crippen LogP contribution in [0.5, 0.6) is 0 Å². The van der Waals surface area contributed by atoms with Crippen LogP contribution in [0.15, 0.2) is 23.2 Å². The Labute approximate surface area is 165 Å². The molecule has 3 fully saturated rings. The van der Waals surface area contributed by atoms with Gasteiger partial charge in [-0.2, -0.15) is 0 Å². The van der Waals surface area contributed by atoms with Crippen LogP contribution in [-0.4, -0.2) is 32.3 Å². The Morgan fingerprint density at radius 3 is 2.54 bits per heavy atom. The first-order valence-corrected chi connectivity index (χ1v) is 10.3. The van der Waals surface area contributed by atoms with Gasteiger partial charge in [0.2, 0.25) is 0 Å². The molecule has 1 aliphatic heterocycles. The van der Waals surface area contributed by atoms with Gasteiger partial charge in [0, 0.05) is 23.9 Å². The number of non-ortho nitro benzene ring substituents is 1. The van der Waals surface area contributed by atoms with Crippen molar-refractivity contribution in [2.75, 3.05) is 5.75 Å². The molecule has 0 unspecified atom stereocenters. The number of thioether (sulfide) groups is 1. The van der Waals surface area contributed by atoms with Crippen LogP contribution in [-0.2, 0) is 0 Å². The SMILES string of the molecule is Cc1cc([N+](=O)[O-])ccc1N=C1SCC2(CCCC2)N1C1CCCC1.Cl. The van der Waals surface area contributed by atoms with Crippen molar-refractivity contribution < 1.29 is 4.92 Å². The summed E-state index contributed by atoms with van der Waals surface area (Å²) >= 11 is 1.89. The highest BCUT2D eigenvalue weighted by Crippen LogP contribution is 2.48. The standard InChI is InChI=1S/C19H25N3O2S.ClH/c1-14-12-16(22(23)24)8-9-17(14)20-18-21(15-6-2-3-7-15)19(13-25-18)10-4-5-11-19;/h8-9,12,15H,2-7,10-11,13H2,1H3;1H. The Balaban J connectivity index is 0.00000196. The number of hydrogen-bond acceptors (Lipinski definition) is 4. The number of aryl methyl sites for hydroxylation is 1. The molecule has 1 spiro atoms. The zero-order valence-corrected chi connectivity index (χ0v) is 16.8. The Hall–Kier alpha value is -1.27. The Morgan fingerprint density at radius 1 is 1.23 bits per heavy atom. The van der Waals surface area contributed by atoms with E-state index in [0.717, 1.165) is 22.2 Å². The van der Waals surface area contributed by atoms with Gasteiger partial charge in [0.05, 0.1) is 16.1 Å². The molecular weight excluding hydrogens is 370 g/mol. The van der Waals surface area contributed by atoms with Gasteiger partial charge in [-0.1, -0.05) is 37.4 Å². The normalized spacial score (nSPS) is 23.7. The summed E-state index contributed by atoms with van der Waals surface area (Å²) in [6, 6.07) is 5.62. The maximum atomic E-state index is 11.0. The fourth-order valence-electron chi connectivity index (χ4n) is 4.73. The van der Waals surface area contributed by atoms with Crippen molar-refractivity contribution in [2.24, 2.45) is 4.99 Å². The quantitative estimate of drug-likeness (QED) is 0.492. The van der Waals surface area contributed by atoms with Crippen molar-refractivity contribution in [1.29, 1.82) is 0 Å². The van der Waals surface area contributed by atoms with E-state index in [-0.39, 0.29) is 23.0 Å². The van der Waals surface area contributed by atoms with E-state index in [1.807, 2.05) is 18.7 Å². The van der Waals surface area contributed by atoms with E-state index in [4.69, 9.17) is 4.99 Å². The summed E-state index contributed by atoms with van der Waals surface area (Å²) < 4.78 is 0. The number of rotatable bonds is 3. The molecule has 5 nitrogen and oxygen atoms in total. The average Bonchev–Trinajstić information content (AvgIpc) is 3.32. The number of benzene rings is 1. The van der Waals surface area contributed by atoms with E-state index < -0.39 is 0 Å². The fourth-order valence-corrected chi connectivity index (χ4v) is 6.20. The molecule has 26 heavy (non-hydrogen) atoms. The molecule has 7 heteroatoms. The van der Waals surface area contributed by atoms with Crippen molar-refractivity contribution in [3.63, 3.8) is 0 Å². The third kappa shape index (κ3) is 3.46. The predicted molar refractivity (Wildman–Crippen MR) is 110 cm³/mol. The van der Waals surface area contributed by atoms with Crippen molar-refractivity contribution >= 4 is 40.7 Å². The first-order valence-electron chi connectivity index (χ1n) is 9.35. The Morgan fingerprint density at radius 2 is 1.92 bits per heavy atom. The molecule has 2 saturated carbocycles. The van der Waals surface area contributed by atoms with Gasteiger partial charge in [-0.05, 0) is 44.2 Å². The van der Waals surface area contributed by atoms with Gasteiger partial charge in [-0.3, -0.25) is 10.1 Å². The van der Waals surface area contributed by atoms with Crippen LogP contribution >= 0.6 is 24.2 Å². The number of nitrogens with zero attached hydrogens (tertiary/aromatic N) is 3. The second kappa shape index (κ2) is 7.77. The van der Waals surface area contributed by atoms with Crippen molar-refractivity contribution in [2.45, 2.75) is 69.9 Å². The van der Waals surface area contributed by atoms with Gasteiger partial charge in [0.1, 0.15) is 0 Å². The van der Waals surface area contributed by atoms with Gasteiger partial charge in [-0.15, -0.1) is 12.4 Å². The molecule has 1 aromatic carbocycles. The molecule has 1 heterocycles. The summed E-state index contributed by atoms with van der Waals surface area (Å²) in [6.07, 6.45) is 10.4. The van der Waals surface area contributed by atoms with Gasteiger partial charge < -0.3 is 4.90 Å². The van der Waals surface area contributed by atoms with Crippen LogP contribution in [0.3, 0.4) is 0 Å². The highest BCUT2D eigenvalue weighted by atomic mass is 35.5. The molecule has 2 aliphatic carbocycles. The highest BCUT2D eigenvalue weighted by molar-refractivity contribution is 8.14. The number of nitro benzene ring substituents is 1. The first kappa shape index (κ1) is 19.5. The molecule has 0 N–H and O–H groups in total. The lowest BCUT2D eigenvalue weighted by molar-refractivity contribution is -0.384. The number of nitro groups is 1. The molecule has 4 rings (SSSR count). The maximum Gasteiger partial charge on any atom is 0.269 e. The fraction of sp³-hybridized carbons (Fsp3) is 0.632. The lowest BCUT2D eigenvalue weighted by atomic mass is 9.95. The first-order chi connectivity index (χ1) is 12.1. The van der Waals surface area contributed by atoms with Crippen molar-refractivity contribution in [3.05, 3.63) is 33.9 Å². The minimum atomic E-state index is -0.341. The van der Waals surface area contributed by atoms with E-state index in [9.17, 15) is 10.1 Å². The zero-order chi connectivity index (χ0) is 17.4. The Bertz CT molecular complexity index is 713. The molecule has 0 atom stereocenters. The van der Waals surface area contributed by atoms with Gasteiger partial charge in [0.15, 0.2) is 5.17 Å². The maximum absolute atomic E-state index is 11.0. The second-order valence-corrected chi connectivity index (χ2v) is 8.59. The lowest BCUT2D eigenvalue weighted by Gasteiger charge is -2.40. The largest absolute Gasteiger partial charge is 0.342 e. The summed E-state index contributed by atoms with van der Waals surface area (Å²) in [5.41, 5.74) is 2.19. The minimum absolute atomic E-state index is 0. The van der Waals surface area contributed by atoms with Gasteiger partial charge >= 0.3 is 0 Å². The molecule has 1 aromatic rings. The summed E-state index contributed by atoms with van der Waals surface area (Å²) in [5, 5.41) is 12.1. The third-order valence-corrected chi connectivity index (χ3v) is 7.25. The molecule has 0 aromatic heterocycles. The van der Waals surface area contributed by atoms with Crippen molar-refractivity contribution in [1.82, 2.24) is 4.90 Å². The van der Waals surface area contributed by atoms with Gasteiger partial charge in [-0.25, -0.2) is 4.99 Å². The number of halogens is 1. The molecule has 0 amide bonds. The predicted octanol–water partition coefficient (Wildman–Crippen LogP) is 5.62. The number of hydrogen-bond donors (Lipinski definition) is 0. The number of aliphatic imine (C=N–C) groups is 1. The summed E-state index contributed by atoms with van der Waals surface area (Å²) in [6.45, 7) is 1.91. The second-order valence-electron chi connectivity index (χ2n) is 7.65. The van der Waals surface area contributed by atoms with Gasteiger partial charge in [0.25, 0.3) is 5.69 Å². The topological polar surface area (TPSA) is 58.7 Å². The average molecular weight is 396 g/mol. The van der Waals surface area contributed by atoms with E-state index in [2.05, 4.69) is 4.90 Å². The van der Waals surface area contributed by atoms with Crippen LogP contribution in [0.4, 0.5) is 11.4 Å². The van der Waals surface area contributed by atoms with Crippen LogP contribution < -0.4 is 0 Å². The summed E-state index contributed by atoms with van der Waals surface area (Å²) in [7, 11) is 0. The molecular formula is C19H26ClN3O2S. The Kier molecular flexibility index (Phi) is 5.82. The minimum Gasteiger partial charge on any atom is -0.342 e. The highest BCUT2D eigenvalue weighted by Gasteiger charge is 2.49. The van der Waals surface area contributed by atoms with E-state index in [1.165, 1.54) is 51.4 Å². The van der Waals surface area contributed by atoms with Crippen LogP contribution in [0, 0.1) is 17.0 Å². The molecule has 0 radical (unpaired) electrons. The van der Waals surface area contributed by atoms with Crippen molar-refractivity contribution in [3.8, 4) is 0 Å². The van der Waals surface area contributed by atoms with E-state index >= 15 is 0 Å². The number of amidine groups is 1. The van der Waals surface area contributed by atoms with E-state index in [1.54, 1.807) is 18.2 Å². The zero-order valence-electron chi connectivity index (χ0n) is 15.1. The monoisotopic (exact) mass is 395 g/mol. The van der Waals surface area contributed by atoms with E-state index in [0.29, 0.717) is 11.6 Å². The molecule has 0 bridgehead atoms. The molecule has 3 aliphatic rings. The van der Waals surface area contributed by atoms with Crippen LogP contribution in [0.1, 0.15) is 56.9 Å². The summed E-state index contributed by atoms with van der Waals surface area (Å²) in [4.78, 5) is 18.3. The molecule has 142 valence electrons. The van der Waals surface area contributed by atoms with Crippen LogP contribution in [0.2, 0.25) is 0 Å². The molecule has 1 saturated heterocycles. The third-order valence-electron chi connectivity index (χ3n) is 6.02. The summed E-state index contributed by atoms with van der Waals surface area (Å²) in [5.74, 6) is 1.15. The van der Waals surface area contributed by atoms with Crippen LogP contribution in [0.25, 0.3) is 0 Å². The smallest absolute Gasteiger partial charge is 0.269 e. The lowest BCUT2D eigenvalue weighted by Crippen LogP contribution is -2.50.